The molecule has 0 spiro atoms. The van der Waals surface area contributed by atoms with Crippen molar-refractivity contribution in [2.45, 2.75) is 51.4 Å². The Labute approximate surface area is 140 Å². The minimum atomic E-state index is -1.07. The Balaban J connectivity index is 2.09. The van der Waals surface area contributed by atoms with E-state index in [0.717, 1.165) is 0 Å². The van der Waals surface area contributed by atoms with E-state index in [1.165, 1.54) is 0 Å². The fourth-order valence-electron chi connectivity index (χ4n) is 2.42. The summed E-state index contributed by atoms with van der Waals surface area (Å²) in [6, 6.07) is 6.66. The van der Waals surface area contributed by atoms with Crippen LogP contribution in [-0.4, -0.2) is 40.6 Å². The van der Waals surface area contributed by atoms with Crippen LogP contribution < -0.4 is 10.6 Å². The number of hydrogen-bond donors (Lipinski definition) is 3. The van der Waals surface area contributed by atoms with Crippen molar-refractivity contribution in [1.29, 1.82) is 0 Å². The highest BCUT2D eigenvalue weighted by molar-refractivity contribution is 6.05. The smallest absolute Gasteiger partial charge is 0.332 e. The molecular formula is C17H22N2O5. The van der Waals surface area contributed by atoms with Gasteiger partial charge in [0.1, 0.15) is 6.10 Å². The topological polar surface area (TPSA) is 105 Å². The predicted octanol–water partition coefficient (Wildman–Crippen LogP) is 1.79. The second-order valence-electron chi connectivity index (χ2n) is 6.77. The van der Waals surface area contributed by atoms with E-state index in [1.807, 2.05) is 20.8 Å². The molecule has 3 N–H and O–H groups in total. The van der Waals surface area contributed by atoms with Crippen molar-refractivity contribution >= 4 is 23.5 Å². The lowest BCUT2D eigenvalue weighted by Gasteiger charge is -2.22. The molecule has 2 amide bonds. The van der Waals surface area contributed by atoms with Crippen molar-refractivity contribution in [3.05, 3.63) is 29.8 Å². The van der Waals surface area contributed by atoms with Crippen molar-refractivity contribution in [2.24, 2.45) is 0 Å². The molecule has 1 heterocycles. The third-order valence-electron chi connectivity index (χ3n) is 3.51. The summed E-state index contributed by atoms with van der Waals surface area (Å²) in [5.41, 5.74) is 0.303. The fraction of sp³-hybridized carbons (Fsp3) is 0.471. The van der Waals surface area contributed by atoms with Crippen molar-refractivity contribution < 1.29 is 24.2 Å². The molecule has 1 aliphatic rings. The largest absolute Gasteiger partial charge is 0.479 e. The van der Waals surface area contributed by atoms with Crippen LogP contribution in [0.4, 0.5) is 5.69 Å². The zero-order chi connectivity index (χ0) is 17.9. The van der Waals surface area contributed by atoms with Crippen molar-refractivity contribution in [3.63, 3.8) is 0 Å². The van der Waals surface area contributed by atoms with Crippen LogP contribution >= 0.6 is 0 Å². The molecule has 7 nitrogen and oxygen atoms in total. The lowest BCUT2D eigenvalue weighted by atomic mass is 10.1. The quantitative estimate of drug-likeness (QED) is 0.778. The molecule has 7 heteroatoms. The predicted molar refractivity (Wildman–Crippen MR) is 87.8 cm³/mol. The van der Waals surface area contributed by atoms with Crippen molar-refractivity contribution in [3.8, 4) is 0 Å². The summed E-state index contributed by atoms with van der Waals surface area (Å²) >= 11 is 0. The van der Waals surface area contributed by atoms with Gasteiger partial charge in [-0.3, -0.25) is 9.59 Å². The Bertz CT molecular complexity index is 651. The molecule has 0 unspecified atom stereocenters. The number of aliphatic carboxylic acids is 1. The Hall–Kier alpha value is -2.41. The van der Waals surface area contributed by atoms with Gasteiger partial charge < -0.3 is 20.5 Å². The van der Waals surface area contributed by atoms with Gasteiger partial charge in [-0.2, -0.15) is 0 Å². The van der Waals surface area contributed by atoms with E-state index in [0.29, 0.717) is 24.1 Å². The monoisotopic (exact) mass is 334 g/mol. The van der Waals surface area contributed by atoms with E-state index in [4.69, 9.17) is 9.84 Å². The molecule has 0 aromatic heterocycles. The summed E-state index contributed by atoms with van der Waals surface area (Å²) in [5, 5.41) is 14.4. The highest BCUT2D eigenvalue weighted by Crippen LogP contribution is 2.23. The SMILES string of the molecule is CC(C)(C)NC(=O)c1ccccc1NC(=O)[C@@H]1CC[C@H](C(=O)O)O1. The van der Waals surface area contributed by atoms with E-state index in [2.05, 4.69) is 10.6 Å². The first kappa shape index (κ1) is 17.9. The number of carbonyl (C=O) groups is 3. The van der Waals surface area contributed by atoms with Crippen LogP contribution in [0.25, 0.3) is 0 Å². The van der Waals surface area contributed by atoms with Crippen LogP contribution in [0.1, 0.15) is 44.0 Å². The van der Waals surface area contributed by atoms with Gasteiger partial charge >= 0.3 is 5.97 Å². The minimum Gasteiger partial charge on any atom is -0.479 e. The Morgan fingerprint density at radius 2 is 1.75 bits per heavy atom. The lowest BCUT2D eigenvalue weighted by Crippen LogP contribution is -2.41. The maximum Gasteiger partial charge on any atom is 0.332 e. The minimum absolute atomic E-state index is 0.291. The number of carboxylic acid groups (broad SMARTS) is 1. The van der Waals surface area contributed by atoms with Gasteiger partial charge in [-0.05, 0) is 45.7 Å². The van der Waals surface area contributed by atoms with E-state index >= 15 is 0 Å². The van der Waals surface area contributed by atoms with Crippen molar-refractivity contribution in [2.75, 3.05) is 5.32 Å². The van der Waals surface area contributed by atoms with Gasteiger partial charge in [0.25, 0.3) is 11.8 Å². The molecule has 0 aliphatic carbocycles. The van der Waals surface area contributed by atoms with Crippen molar-refractivity contribution in [1.82, 2.24) is 5.32 Å². The Morgan fingerprint density at radius 1 is 1.12 bits per heavy atom. The number of anilines is 1. The molecule has 2 rings (SSSR count). The summed E-state index contributed by atoms with van der Waals surface area (Å²) in [6.07, 6.45) is -1.16. The number of para-hydroxylation sites is 1. The highest BCUT2D eigenvalue weighted by atomic mass is 16.5. The lowest BCUT2D eigenvalue weighted by molar-refractivity contribution is -0.150. The first-order valence-electron chi connectivity index (χ1n) is 7.78. The van der Waals surface area contributed by atoms with Gasteiger partial charge in [-0.15, -0.1) is 0 Å². The number of carboxylic acids is 1. The van der Waals surface area contributed by atoms with Gasteiger partial charge in [0.2, 0.25) is 0 Å². The number of amides is 2. The van der Waals surface area contributed by atoms with Crippen LogP contribution in [0, 0.1) is 0 Å². The van der Waals surface area contributed by atoms with Gasteiger partial charge in [0.05, 0.1) is 11.3 Å². The zero-order valence-electron chi connectivity index (χ0n) is 14.0. The molecule has 2 atom stereocenters. The van der Waals surface area contributed by atoms with Crippen LogP contribution in [0.2, 0.25) is 0 Å². The van der Waals surface area contributed by atoms with Crippen LogP contribution in [0.3, 0.4) is 0 Å². The number of benzene rings is 1. The van der Waals surface area contributed by atoms with Crippen LogP contribution in [0.5, 0.6) is 0 Å². The van der Waals surface area contributed by atoms with E-state index in [9.17, 15) is 14.4 Å². The maximum atomic E-state index is 12.4. The number of nitrogens with one attached hydrogen (secondary N) is 2. The third-order valence-corrected chi connectivity index (χ3v) is 3.51. The second-order valence-corrected chi connectivity index (χ2v) is 6.77. The summed E-state index contributed by atoms with van der Waals surface area (Å²) in [4.78, 5) is 35.5. The maximum absolute atomic E-state index is 12.4. The molecule has 1 aromatic carbocycles. The zero-order valence-corrected chi connectivity index (χ0v) is 14.0. The fourth-order valence-corrected chi connectivity index (χ4v) is 2.42. The highest BCUT2D eigenvalue weighted by Gasteiger charge is 2.35. The van der Waals surface area contributed by atoms with Gasteiger partial charge in [-0.1, -0.05) is 12.1 Å². The Kier molecular flexibility index (Phi) is 5.23. The average molecular weight is 334 g/mol. The van der Waals surface area contributed by atoms with Gasteiger partial charge in [0.15, 0.2) is 6.10 Å². The standard InChI is InChI=1S/C17H22N2O5/c1-17(2,3)19-14(20)10-6-4-5-7-11(10)18-15(21)12-8-9-13(24-12)16(22)23/h4-7,12-13H,8-9H2,1-3H3,(H,18,21)(H,19,20)(H,22,23)/t12-,13+/m0/s1. The number of ether oxygens (including phenoxy) is 1. The molecule has 1 aliphatic heterocycles. The Morgan fingerprint density at radius 3 is 2.33 bits per heavy atom. The van der Waals surface area contributed by atoms with Gasteiger partial charge in [0, 0.05) is 5.54 Å². The molecule has 130 valence electrons. The summed E-state index contributed by atoms with van der Waals surface area (Å²) < 4.78 is 5.23. The molecule has 1 saturated heterocycles. The number of rotatable bonds is 4. The number of carbonyl (C=O) groups excluding carboxylic acids is 2. The second kappa shape index (κ2) is 7.00. The molecule has 1 fully saturated rings. The molecule has 0 bridgehead atoms. The molecular weight excluding hydrogens is 312 g/mol. The van der Waals surface area contributed by atoms with E-state index < -0.39 is 29.6 Å². The number of hydrogen-bond acceptors (Lipinski definition) is 4. The third kappa shape index (κ3) is 4.55. The average Bonchev–Trinajstić information content (AvgIpc) is 2.96. The first-order valence-corrected chi connectivity index (χ1v) is 7.78. The molecule has 24 heavy (non-hydrogen) atoms. The summed E-state index contributed by atoms with van der Waals surface area (Å²) in [6.45, 7) is 5.60. The van der Waals surface area contributed by atoms with Crippen LogP contribution in [0.15, 0.2) is 24.3 Å². The summed E-state index contributed by atoms with van der Waals surface area (Å²) in [5.74, 6) is -1.82. The summed E-state index contributed by atoms with van der Waals surface area (Å²) in [7, 11) is 0. The van der Waals surface area contributed by atoms with Gasteiger partial charge in [-0.25, -0.2) is 4.79 Å². The van der Waals surface area contributed by atoms with E-state index in [1.54, 1.807) is 24.3 Å². The first-order chi connectivity index (χ1) is 11.2. The van der Waals surface area contributed by atoms with Crippen LogP contribution in [-0.2, 0) is 14.3 Å². The molecule has 0 radical (unpaired) electrons. The van der Waals surface area contributed by atoms with E-state index in [-0.39, 0.29) is 5.91 Å². The normalized spacial score (nSPS) is 20.5. The molecule has 1 aromatic rings. The molecule has 0 saturated carbocycles.